The van der Waals surface area contributed by atoms with Gasteiger partial charge in [0.25, 0.3) is 0 Å². The highest BCUT2D eigenvalue weighted by Crippen LogP contribution is 2.60. The summed E-state index contributed by atoms with van der Waals surface area (Å²) in [6.45, 7) is 9.63. The van der Waals surface area contributed by atoms with Crippen LogP contribution in [0.15, 0.2) is 0 Å². The van der Waals surface area contributed by atoms with Gasteiger partial charge in [-0.05, 0) is 87.7 Å². The molecule has 9 unspecified atom stereocenters. The smallest absolute Gasteiger partial charge is 0.0926 e. The third-order valence-corrected chi connectivity index (χ3v) is 9.58. The maximum atomic E-state index is 6.15. The highest BCUT2D eigenvalue weighted by atomic mass is 32.2. The zero-order valence-electron chi connectivity index (χ0n) is 15.8. The molecule has 2 saturated carbocycles. The van der Waals surface area contributed by atoms with E-state index in [2.05, 4.69) is 39.5 Å². The van der Waals surface area contributed by atoms with Crippen LogP contribution >= 0.6 is 11.8 Å². The molecule has 24 heavy (non-hydrogen) atoms. The van der Waals surface area contributed by atoms with Crippen LogP contribution in [0.4, 0.5) is 0 Å². The van der Waals surface area contributed by atoms with Crippen molar-refractivity contribution in [3.63, 3.8) is 0 Å². The van der Waals surface area contributed by atoms with Crippen molar-refractivity contribution in [1.29, 1.82) is 0 Å². The highest BCUT2D eigenvalue weighted by molar-refractivity contribution is 8.00. The van der Waals surface area contributed by atoms with Crippen molar-refractivity contribution < 1.29 is 9.47 Å². The lowest BCUT2D eigenvalue weighted by Crippen LogP contribution is -2.42. The Labute approximate surface area is 151 Å². The van der Waals surface area contributed by atoms with Crippen molar-refractivity contribution in [3.8, 4) is 0 Å². The Kier molecular flexibility index (Phi) is 3.69. The summed E-state index contributed by atoms with van der Waals surface area (Å²) in [7, 11) is 0. The number of rotatable bonds is 3. The minimum absolute atomic E-state index is 0.215. The van der Waals surface area contributed by atoms with Gasteiger partial charge in [0.15, 0.2) is 0 Å². The van der Waals surface area contributed by atoms with Crippen molar-refractivity contribution in [1.82, 2.24) is 0 Å². The van der Waals surface area contributed by atoms with Crippen LogP contribution in [0.25, 0.3) is 0 Å². The summed E-state index contributed by atoms with van der Waals surface area (Å²) in [5, 5.41) is 0.900. The van der Waals surface area contributed by atoms with Crippen LogP contribution in [0, 0.1) is 29.6 Å². The van der Waals surface area contributed by atoms with E-state index in [0.717, 1.165) is 34.8 Å². The maximum absolute atomic E-state index is 6.15. The topological polar surface area (TPSA) is 25.1 Å². The summed E-state index contributed by atoms with van der Waals surface area (Å²) < 4.78 is 12.3. The molecule has 0 amide bonds. The fourth-order valence-electron chi connectivity index (χ4n) is 7.17. The molecule has 9 atom stereocenters. The van der Waals surface area contributed by atoms with Crippen LogP contribution in [-0.2, 0) is 9.47 Å². The quantitative estimate of drug-likeness (QED) is 0.677. The minimum Gasteiger partial charge on any atom is -0.366 e. The van der Waals surface area contributed by atoms with E-state index in [1.807, 2.05) is 0 Å². The zero-order chi connectivity index (χ0) is 16.7. The maximum Gasteiger partial charge on any atom is 0.0926 e. The molecule has 0 bridgehead atoms. The second-order valence-corrected chi connectivity index (χ2v) is 11.5. The van der Waals surface area contributed by atoms with E-state index >= 15 is 0 Å². The van der Waals surface area contributed by atoms with Gasteiger partial charge in [0.1, 0.15) is 0 Å². The SMILES string of the molecule is CC1CC(C(C2CC(C)C3OC3(C)C2)C2CCCS2)CC2(C)OC12. The molecule has 3 aliphatic heterocycles. The van der Waals surface area contributed by atoms with Gasteiger partial charge in [-0.3, -0.25) is 0 Å². The van der Waals surface area contributed by atoms with Crippen LogP contribution in [0.3, 0.4) is 0 Å². The van der Waals surface area contributed by atoms with Gasteiger partial charge in [-0.1, -0.05) is 13.8 Å². The number of ether oxygens (including phenoxy) is 2. The average Bonchev–Trinajstić information content (AvgIpc) is 3.29. The monoisotopic (exact) mass is 350 g/mol. The number of hydrogen-bond donors (Lipinski definition) is 0. The Morgan fingerprint density at radius 3 is 1.88 bits per heavy atom. The van der Waals surface area contributed by atoms with Crippen molar-refractivity contribution in [2.24, 2.45) is 29.6 Å². The molecular formula is C21H34O2S. The first kappa shape index (κ1) is 16.4. The molecule has 136 valence electrons. The van der Waals surface area contributed by atoms with Crippen molar-refractivity contribution in [2.75, 3.05) is 5.75 Å². The van der Waals surface area contributed by atoms with Crippen molar-refractivity contribution in [3.05, 3.63) is 0 Å². The Morgan fingerprint density at radius 2 is 1.46 bits per heavy atom. The van der Waals surface area contributed by atoms with Crippen LogP contribution in [0.1, 0.15) is 66.2 Å². The van der Waals surface area contributed by atoms with Crippen molar-refractivity contribution >= 4 is 11.8 Å². The summed E-state index contributed by atoms with van der Waals surface area (Å²) in [6.07, 6.45) is 9.43. The molecule has 0 N–H and O–H groups in total. The fourth-order valence-corrected chi connectivity index (χ4v) is 8.81. The minimum atomic E-state index is 0.215. The van der Waals surface area contributed by atoms with E-state index in [1.54, 1.807) is 0 Å². The lowest BCUT2D eigenvalue weighted by atomic mass is 9.62. The summed E-state index contributed by atoms with van der Waals surface area (Å²) in [4.78, 5) is 0. The van der Waals surface area contributed by atoms with Gasteiger partial charge in [-0.15, -0.1) is 0 Å². The normalized spacial score (nSPS) is 60.2. The molecule has 0 spiro atoms. The van der Waals surface area contributed by atoms with Crippen LogP contribution in [-0.4, -0.2) is 34.4 Å². The molecule has 5 fully saturated rings. The lowest BCUT2D eigenvalue weighted by Gasteiger charge is -2.43. The largest absolute Gasteiger partial charge is 0.366 e. The van der Waals surface area contributed by atoms with Crippen molar-refractivity contribution in [2.45, 2.75) is 94.9 Å². The highest BCUT2D eigenvalue weighted by Gasteiger charge is 2.63. The van der Waals surface area contributed by atoms with Crippen LogP contribution < -0.4 is 0 Å². The summed E-state index contributed by atoms with van der Waals surface area (Å²) in [5.74, 6) is 5.53. The van der Waals surface area contributed by atoms with Gasteiger partial charge in [-0.25, -0.2) is 0 Å². The predicted octanol–water partition coefficient (Wildman–Crippen LogP) is 4.91. The van der Waals surface area contributed by atoms with Crippen LogP contribution in [0.2, 0.25) is 0 Å². The number of epoxide rings is 2. The Morgan fingerprint density at radius 1 is 0.917 bits per heavy atom. The van der Waals surface area contributed by atoms with Gasteiger partial charge in [0.2, 0.25) is 0 Å². The van der Waals surface area contributed by atoms with E-state index in [0.29, 0.717) is 12.2 Å². The van der Waals surface area contributed by atoms with Gasteiger partial charge >= 0.3 is 0 Å². The Bertz CT molecular complexity index is 480. The third-order valence-electron chi connectivity index (χ3n) is 8.08. The first-order valence-electron chi connectivity index (χ1n) is 10.4. The van der Waals surface area contributed by atoms with Crippen LogP contribution in [0.5, 0.6) is 0 Å². The van der Waals surface area contributed by atoms with E-state index in [9.17, 15) is 0 Å². The van der Waals surface area contributed by atoms with E-state index in [4.69, 9.17) is 9.47 Å². The first-order valence-corrected chi connectivity index (χ1v) is 11.4. The molecule has 0 radical (unpaired) electrons. The standard InChI is InChI=1S/C21H34O2S/c1-12-8-14(10-20(3)18(12)22-20)17(16-6-5-7-24-16)15-9-13(2)19-21(4,11-15)23-19/h12-19H,5-11H2,1-4H3. The molecule has 5 rings (SSSR count). The molecule has 0 aromatic heterocycles. The molecule has 0 aromatic carbocycles. The van der Waals surface area contributed by atoms with E-state index in [-0.39, 0.29) is 11.2 Å². The predicted molar refractivity (Wildman–Crippen MR) is 99.3 cm³/mol. The average molecular weight is 351 g/mol. The summed E-state index contributed by atoms with van der Waals surface area (Å²) >= 11 is 2.29. The first-order chi connectivity index (χ1) is 11.4. The Balaban J connectivity index is 1.40. The summed E-state index contributed by atoms with van der Waals surface area (Å²) in [6, 6.07) is 0. The molecule has 5 aliphatic rings. The molecule has 2 aliphatic carbocycles. The van der Waals surface area contributed by atoms with E-state index < -0.39 is 0 Å². The van der Waals surface area contributed by atoms with E-state index in [1.165, 1.54) is 44.3 Å². The van der Waals surface area contributed by atoms with Gasteiger partial charge in [-0.2, -0.15) is 11.8 Å². The number of hydrogen-bond acceptors (Lipinski definition) is 3. The third kappa shape index (κ3) is 2.52. The number of fused-ring (bicyclic) bond motifs is 2. The van der Waals surface area contributed by atoms with Gasteiger partial charge in [0.05, 0.1) is 23.4 Å². The molecule has 0 aromatic rings. The second kappa shape index (κ2) is 5.39. The van der Waals surface area contributed by atoms with Gasteiger partial charge < -0.3 is 9.47 Å². The zero-order valence-corrected chi connectivity index (χ0v) is 16.6. The number of thioether (sulfide) groups is 1. The molecule has 3 heterocycles. The molecule has 3 saturated heterocycles. The second-order valence-electron chi connectivity index (χ2n) is 10.2. The molecule has 3 heteroatoms. The lowest BCUT2D eigenvalue weighted by molar-refractivity contribution is 0.100. The Hall–Kier alpha value is 0.270. The van der Waals surface area contributed by atoms with Gasteiger partial charge in [0, 0.05) is 5.25 Å². The molecular weight excluding hydrogens is 316 g/mol. The molecule has 2 nitrogen and oxygen atoms in total. The fraction of sp³-hybridized carbons (Fsp3) is 1.00. The summed E-state index contributed by atoms with van der Waals surface area (Å²) in [5.41, 5.74) is 0.430.